The average Bonchev–Trinajstić information content (AvgIpc) is 2.82. The van der Waals surface area contributed by atoms with Gasteiger partial charge in [0.05, 0.1) is 12.2 Å². The quantitative estimate of drug-likeness (QED) is 0.684. The summed E-state index contributed by atoms with van der Waals surface area (Å²) in [5.41, 5.74) is 0.442. The van der Waals surface area contributed by atoms with Gasteiger partial charge in [0, 0.05) is 37.7 Å². The number of carbonyl (C=O) groups excluding carboxylic acids is 2. The van der Waals surface area contributed by atoms with E-state index in [9.17, 15) is 14.4 Å². The second-order valence-corrected chi connectivity index (χ2v) is 9.98. The first kappa shape index (κ1) is 25.1. The fraction of sp³-hybridized carbons (Fsp3) is 0.571. The number of pyridine rings is 2. The van der Waals surface area contributed by atoms with Crippen molar-refractivity contribution in [3.05, 3.63) is 63.8 Å². The molecule has 0 bridgehead atoms. The first-order valence-corrected chi connectivity index (χ1v) is 13.4. The molecule has 2 amide bonds. The highest BCUT2D eigenvalue weighted by molar-refractivity contribution is 5.99. The Labute approximate surface area is 207 Å². The molecule has 1 N–H and O–H groups in total. The predicted molar refractivity (Wildman–Crippen MR) is 137 cm³/mol. The van der Waals surface area contributed by atoms with Gasteiger partial charge in [-0.3, -0.25) is 19.4 Å². The monoisotopic (exact) mass is 478 g/mol. The molecule has 0 radical (unpaired) electrons. The smallest absolute Gasteiger partial charge is 0.259 e. The van der Waals surface area contributed by atoms with Gasteiger partial charge in [0.25, 0.3) is 11.8 Å². The molecule has 188 valence electrons. The number of rotatable bonds is 5. The highest BCUT2D eigenvalue weighted by atomic mass is 16.2. The maximum atomic E-state index is 13.5. The molecule has 1 aliphatic carbocycles. The number of likely N-dealkylation sites (tertiary alicyclic amines) is 1. The number of hydrogen-bond acceptors (Lipinski definition) is 4. The third-order valence-electron chi connectivity index (χ3n) is 7.21. The Bertz CT molecular complexity index is 1030. The number of nitrogens with zero attached hydrogens (tertiary/aromatic N) is 3. The van der Waals surface area contributed by atoms with Crippen LogP contribution in [-0.4, -0.2) is 45.4 Å². The first-order valence-electron chi connectivity index (χ1n) is 13.4. The number of carbonyl (C=O) groups is 2. The summed E-state index contributed by atoms with van der Waals surface area (Å²) in [5.74, 6) is -0.648. The molecule has 0 aromatic carbocycles. The predicted octanol–water partition coefficient (Wildman–Crippen LogP) is 4.54. The topological polar surface area (TPSA) is 84.3 Å². The highest BCUT2D eigenvalue weighted by Gasteiger charge is 2.25. The maximum absolute atomic E-state index is 13.5. The number of aromatic nitrogens is 2. The van der Waals surface area contributed by atoms with Crippen molar-refractivity contribution in [1.29, 1.82) is 0 Å². The van der Waals surface area contributed by atoms with Crippen LogP contribution in [0.25, 0.3) is 0 Å². The number of hydrogen-bond donors (Lipinski definition) is 1. The third-order valence-corrected chi connectivity index (χ3v) is 7.21. The summed E-state index contributed by atoms with van der Waals surface area (Å²) in [6.07, 6.45) is 17.8. The van der Waals surface area contributed by atoms with Crippen molar-refractivity contribution in [1.82, 2.24) is 19.8 Å². The molecule has 2 aromatic rings. The largest absolute Gasteiger partial charge is 0.349 e. The van der Waals surface area contributed by atoms with Crippen LogP contribution >= 0.6 is 0 Å². The van der Waals surface area contributed by atoms with Gasteiger partial charge in [0.2, 0.25) is 5.43 Å². The highest BCUT2D eigenvalue weighted by Crippen LogP contribution is 2.18. The number of amides is 2. The molecule has 0 spiro atoms. The van der Waals surface area contributed by atoms with Gasteiger partial charge < -0.3 is 14.8 Å². The summed E-state index contributed by atoms with van der Waals surface area (Å²) in [6, 6.07) is 5.71. The minimum Gasteiger partial charge on any atom is -0.349 e. The number of nitrogens with one attached hydrogen (secondary N) is 1. The Morgan fingerprint density at radius 3 is 2.14 bits per heavy atom. The summed E-state index contributed by atoms with van der Waals surface area (Å²) >= 11 is 0. The third kappa shape index (κ3) is 7.03. The van der Waals surface area contributed by atoms with Gasteiger partial charge in [-0.1, -0.05) is 57.4 Å². The van der Waals surface area contributed by atoms with Crippen LogP contribution < -0.4 is 10.7 Å². The van der Waals surface area contributed by atoms with Gasteiger partial charge >= 0.3 is 0 Å². The molecule has 1 saturated heterocycles. The van der Waals surface area contributed by atoms with Crippen LogP contribution in [0.1, 0.15) is 103 Å². The van der Waals surface area contributed by atoms with Crippen molar-refractivity contribution < 1.29 is 9.59 Å². The average molecular weight is 479 g/mol. The van der Waals surface area contributed by atoms with Gasteiger partial charge in [-0.25, -0.2) is 0 Å². The van der Waals surface area contributed by atoms with Crippen LogP contribution in [0, 0.1) is 0 Å². The Hall–Kier alpha value is -2.96. The molecule has 0 unspecified atom stereocenters. The van der Waals surface area contributed by atoms with Crippen LogP contribution in [0.4, 0.5) is 0 Å². The lowest BCUT2D eigenvalue weighted by Gasteiger charge is -2.25. The van der Waals surface area contributed by atoms with Crippen molar-refractivity contribution >= 4 is 11.8 Å². The van der Waals surface area contributed by atoms with E-state index in [0.29, 0.717) is 19.6 Å². The molecule has 35 heavy (non-hydrogen) atoms. The standard InChI is InChI=1S/C28H38N4O3/c33-26-24(27(34)30-22-13-7-3-1-4-8-14-22)20-31(19-23-15-9-10-16-29-23)21-25(26)28(35)32-17-11-5-2-6-12-18-32/h9-10,15-16,20-22H,1-8,11-14,17-19H2,(H,30,34). The van der Waals surface area contributed by atoms with Gasteiger partial charge in [-0.15, -0.1) is 0 Å². The molecule has 0 atom stereocenters. The fourth-order valence-corrected chi connectivity index (χ4v) is 5.20. The summed E-state index contributed by atoms with van der Waals surface area (Å²) in [7, 11) is 0. The Morgan fingerprint density at radius 1 is 0.857 bits per heavy atom. The molecule has 4 rings (SSSR count). The Morgan fingerprint density at radius 2 is 1.49 bits per heavy atom. The van der Waals surface area contributed by atoms with Gasteiger partial charge in [0.1, 0.15) is 11.1 Å². The van der Waals surface area contributed by atoms with E-state index in [4.69, 9.17) is 0 Å². The first-order chi connectivity index (χ1) is 17.1. The zero-order chi connectivity index (χ0) is 24.5. The van der Waals surface area contributed by atoms with Crippen LogP contribution in [0.2, 0.25) is 0 Å². The molecule has 7 heteroatoms. The lowest BCUT2D eigenvalue weighted by Crippen LogP contribution is -2.41. The van der Waals surface area contributed by atoms with E-state index in [1.165, 1.54) is 25.7 Å². The van der Waals surface area contributed by atoms with E-state index in [1.54, 1.807) is 28.1 Å². The molecule has 2 aromatic heterocycles. The van der Waals surface area contributed by atoms with Crippen LogP contribution in [0.3, 0.4) is 0 Å². The lowest BCUT2D eigenvalue weighted by atomic mass is 9.96. The van der Waals surface area contributed by atoms with Crippen molar-refractivity contribution in [3.8, 4) is 0 Å². The minimum atomic E-state index is -0.474. The summed E-state index contributed by atoms with van der Waals surface area (Å²) in [4.78, 5) is 46.5. The van der Waals surface area contributed by atoms with Crippen molar-refractivity contribution in [3.63, 3.8) is 0 Å². The van der Waals surface area contributed by atoms with Crippen molar-refractivity contribution in [2.45, 2.75) is 89.6 Å². The molecule has 1 aliphatic heterocycles. The normalized spacial score (nSPS) is 18.1. The molecule has 1 saturated carbocycles. The van der Waals surface area contributed by atoms with E-state index in [1.807, 2.05) is 18.2 Å². The van der Waals surface area contributed by atoms with Gasteiger partial charge in [-0.2, -0.15) is 0 Å². The van der Waals surface area contributed by atoms with Crippen LogP contribution in [0.15, 0.2) is 41.6 Å². The Balaban J connectivity index is 1.63. The van der Waals surface area contributed by atoms with Gasteiger partial charge in [0.15, 0.2) is 0 Å². The SMILES string of the molecule is O=C(NC1CCCCCCC1)c1cn(Cc2ccccn2)cc(C(=O)N2CCCCCCC2)c1=O. The summed E-state index contributed by atoms with van der Waals surface area (Å²) in [6.45, 7) is 1.68. The molecular weight excluding hydrogens is 440 g/mol. The Kier molecular flexibility index (Phi) is 9.09. The maximum Gasteiger partial charge on any atom is 0.259 e. The van der Waals surface area contributed by atoms with E-state index < -0.39 is 5.43 Å². The second-order valence-electron chi connectivity index (χ2n) is 9.98. The molecule has 3 heterocycles. The summed E-state index contributed by atoms with van der Waals surface area (Å²) in [5, 5.41) is 3.11. The minimum absolute atomic E-state index is 0.0425. The lowest BCUT2D eigenvalue weighted by molar-refractivity contribution is 0.0740. The zero-order valence-electron chi connectivity index (χ0n) is 20.7. The molecule has 7 nitrogen and oxygen atoms in total. The summed E-state index contributed by atoms with van der Waals surface area (Å²) < 4.78 is 1.76. The molecule has 2 aliphatic rings. The van der Waals surface area contributed by atoms with E-state index >= 15 is 0 Å². The second kappa shape index (κ2) is 12.7. The van der Waals surface area contributed by atoms with Crippen LogP contribution in [0.5, 0.6) is 0 Å². The van der Waals surface area contributed by atoms with E-state index in [0.717, 1.165) is 57.1 Å². The van der Waals surface area contributed by atoms with Crippen LogP contribution in [-0.2, 0) is 6.54 Å². The van der Waals surface area contributed by atoms with E-state index in [-0.39, 0.29) is 29.0 Å². The molecule has 2 fully saturated rings. The fourth-order valence-electron chi connectivity index (χ4n) is 5.20. The van der Waals surface area contributed by atoms with Gasteiger partial charge in [-0.05, 0) is 37.8 Å². The molecular formula is C28H38N4O3. The van der Waals surface area contributed by atoms with Crippen molar-refractivity contribution in [2.24, 2.45) is 0 Å². The zero-order valence-corrected chi connectivity index (χ0v) is 20.7. The van der Waals surface area contributed by atoms with E-state index in [2.05, 4.69) is 10.3 Å². The van der Waals surface area contributed by atoms with Crippen molar-refractivity contribution in [2.75, 3.05) is 13.1 Å².